The molecule has 0 atom stereocenters. The highest BCUT2D eigenvalue weighted by Gasteiger charge is 2.23. The van der Waals surface area contributed by atoms with Crippen molar-refractivity contribution < 1.29 is 14.5 Å². The second kappa shape index (κ2) is 7.88. The Bertz CT molecular complexity index is 1010. The van der Waals surface area contributed by atoms with E-state index >= 15 is 0 Å². The molecule has 3 aromatic rings. The van der Waals surface area contributed by atoms with Crippen molar-refractivity contribution in [3.05, 3.63) is 74.9 Å². The van der Waals surface area contributed by atoms with Crippen molar-refractivity contribution >= 4 is 40.0 Å². The number of nitrogens with zero attached hydrogens (tertiary/aromatic N) is 2. The van der Waals surface area contributed by atoms with E-state index in [1.54, 1.807) is 36.4 Å². The van der Waals surface area contributed by atoms with Crippen LogP contribution in [0.3, 0.4) is 0 Å². The summed E-state index contributed by atoms with van der Waals surface area (Å²) in [7, 11) is 0. The second-order valence-corrected chi connectivity index (χ2v) is 6.04. The number of primary amides is 1. The standard InChI is InChI=1S/C18H15ClN4O4/c19-17-16(23(25)26)15(13-3-1-2-4-14(13)22-17)21-9-11-5-7-12(8-6-11)10-27-18(20)24/h1-8H,9-10H2,(H2,20,24)(H,21,22). The van der Waals surface area contributed by atoms with Gasteiger partial charge in [-0.15, -0.1) is 0 Å². The number of para-hydroxylation sites is 1. The topological polar surface area (TPSA) is 120 Å². The van der Waals surface area contributed by atoms with Gasteiger partial charge in [0, 0.05) is 11.9 Å². The van der Waals surface area contributed by atoms with Gasteiger partial charge < -0.3 is 15.8 Å². The number of nitrogens with two attached hydrogens (primary N) is 1. The first-order valence-electron chi connectivity index (χ1n) is 7.92. The molecule has 3 rings (SSSR count). The van der Waals surface area contributed by atoms with Crippen LogP contribution in [0.2, 0.25) is 5.15 Å². The lowest BCUT2D eigenvalue weighted by atomic mass is 10.1. The fourth-order valence-electron chi connectivity index (χ4n) is 2.62. The lowest BCUT2D eigenvalue weighted by Gasteiger charge is -2.11. The Labute approximate surface area is 159 Å². The van der Waals surface area contributed by atoms with Crippen molar-refractivity contribution in [3.8, 4) is 0 Å². The van der Waals surface area contributed by atoms with Crippen molar-refractivity contribution in [2.24, 2.45) is 5.73 Å². The van der Waals surface area contributed by atoms with Gasteiger partial charge in [-0.1, -0.05) is 54.1 Å². The van der Waals surface area contributed by atoms with Crippen LogP contribution < -0.4 is 11.1 Å². The largest absolute Gasteiger partial charge is 0.445 e. The lowest BCUT2D eigenvalue weighted by Crippen LogP contribution is -2.12. The number of rotatable bonds is 6. The zero-order chi connectivity index (χ0) is 19.4. The van der Waals surface area contributed by atoms with Crippen LogP contribution in [0.25, 0.3) is 10.9 Å². The van der Waals surface area contributed by atoms with E-state index in [9.17, 15) is 14.9 Å². The lowest BCUT2D eigenvalue weighted by molar-refractivity contribution is -0.384. The maximum atomic E-state index is 11.5. The minimum atomic E-state index is -0.838. The summed E-state index contributed by atoms with van der Waals surface area (Å²) in [6.45, 7) is 0.418. The molecular weight excluding hydrogens is 372 g/mol. The third kappa shape index (κ3) is 4.24. The molecule has 0 aliphatic heterocycles. The molecule has 27 heavy (non-hydrogen) atoms. The van der Waals surface area contributed by atoms with Crippen molar-refractivity contribution in [2.75, 3.05) is 5.32 Å². The van der Waals surface area contributed by atoms with Crippen molar-refractivity contribution in [1.82, 2.24) is 4.98 Å². The number of hydrogen-bond donors (Lipinski definition) is 2. The van der Waals surface area contributed by atoms with E-state index in [0.29, 0.717) is 23.1 Å². The van der Waals surface area contributed by atoms with Crippen LogP contribution in [0.15, 0.2) is 48.5 Å². The summed E-state index contributed by atoms with van der Waals surface area (Å²) in [6, 6.07) is 14.3. The third-order valence-corrected chi connectivity index (χ3v) is 4.14. The van der Waals surface area contributed by atoms with E-state index in [1.165, 1.54) is 0 Å². The Morgan fingerprint density at radius 1 is 1.19 bits per heavy atom. The number of nitrogens with one attached hydrogen (secondary N) is 1. The van der Waals surface area contributed by atoms with Crippen LogP contribution in [0.4, 0.5) is 16.2 Å². The maximum absolute atomic E-state index is 11.5. The summed E-state index contributed by atoms with van der Waals surface area (Å²) in [5.41, 5.74) is 7.21. The molecule has 0 aliphatic carbocycles. The molecule has 8 nitrogen and oxygen atoms in total. The third-order valence-electron chi connectivity index (χ3n) is 3.88. The van der Waals surface area contributed by atoms with E-state index in [4.69, 9.17) is 22.1 Å². The van der Waals surface area contributed by atoms with Gasteiger partial charge in [-0.25, -0.2) is 9.78 Å². The number of ether oxygens (including phenoxy) is 1. The molecule has 9 heteroatoms. The van der Waals surface area contributed by atoms with E-state index < -0.39 is 11.0 Å². The van der Waals surface area contributed by atoms with Gasteiger partial charge in [0.15, 0.2) is 0 Å². The molecule has 0 fully saturated rings. The van der Waals surface area contributed by atoms with Gasteiger partial charge in [0.25, 0.3) is 0 Å². The zero-order valence-corrected chi connectivity index (χ0v) is 14.8. The van der Waals surface area contributed by atoms with Crippen molar-refractivity contribution in [3.63, 3.8) is 0 Å². The first-order valence-corrected chi connectivity index (χ1v) is 8.30. The highest BCUT2D eigenvalue weighted by molar-refractivity contribution is 6.33. The summed E-state index contributed by atoms with van der Waals surface area (Å²) in [5.74, 6) is 0. The average molecular weight is 387 g/mol. The zero-order valence-electron chi connectivity index (χ0n) is 14.0. The van der Waals surface area contributed by atoms with Crippen molar-refractivity contribution in [1.29, 1.82) is 0 Å². The number of hydrogen-bond acceptors (Lipinski definition) is 6. The number of carbonyl (C=O) groups excluding carboxylic acids is 1. The minimum Gasteiger partial charge on any atom is -0.445 e. The molecule has 3 N–H and O–H groups in total. The minimum absolute atomic E-state index is 0.0825. The van der Waals surface area contributed by atoms with Gasteiger partial charge in [0.05, 0.1) is 10.4 Å². The quantitative estimate of drug-likeness (QED) is 0.375. The van der Waals surface area contributed by atoms with Gasteiger partial charge in [0.1, 0.15) is 12.3 Å². The molecule has 2 aromatic carbocycles. The van der Waals surface area contributed by atoms with Gasteiger partial charge in [0.2, 0.25) is 5.15 Å². The van der Waals surface area contributed by atoms with Crippen LogP contribution in [0.5, 0.6) is 0 Å². The summed E-state index contributed by atoms with van der Waals surface area (Å²) in [4.78, 5) is 25.6. The Morgan fingerprint density at radius 3 is 2.52 bits per heavy atom. The highest BCUT2D eigenvalue weighted by atomic mass is 35.5. The number of fused-ring (bicyclic) bond motifs is 1. The van der Waals surface area contributed by atoms with Gasteiger partial charge in [-0.3, -0.25) is 10.1 Å². The normalized spacial score (nSPS) is 10.6. The fraction of sp³-hybridized carbons (Fsp3) is 0.111. The van der Waals surface area contributed by atoms with Crippen LogP contribution in [-0.4, -0.2) is 16.0 Å². The fourth-order valence-corrected chi connectivity index (χ4v) is 2.87. The van der Waals surface area contributed by atoms with Crippen LogP contribution in [0, 0.1) is 10.1 Å². The number of pyridine rings is 1. The Morgan fingerprint density at radius 2 is 1.85 bits per heavy atom. The maximum Gasteiger partial charge on any atom is 0.404 e. The second-order valence-electron chi connectivity index (χ2n) is 5.68. The summed E-state index contributed by atoms with van der Waals surface area (Å²) in [6.07, 6.45) is -0.838. The first kappa shape index (κ1) is 18.4. The van der Waals surface area contributed by atoms with Gasteiger partial charge in [-0.05, 0) is 17.2 Å². The first-order chi connectivity index (χ1) is 13.0. The number of benzene rings is 2. The molecule has 0 unspecified atom stereocenters. The molecule has 0 radical (unpaired) electrons. The molecule has 0 saturated carbocycles. The SMILES string of the molecule is NC(=O)OCc1ccc(CNc2c([N+](=O)[O-])c(Cl)nc3ccccc23)cc1. The van der Waals surface area contributed by atoms with Gasteiger partial charge >= 0.3 is 11.8 Å². The molecular formula is C18H15ClN4O4. The van der Waals surface area contributed by atoms with Gasteiger partial charge in [-0.2, -0.15) is 0 Å². The van der Waals surface area contributed by atoms with E-state index in [-0.39, 0.29) is 17.4 Å². The smallest absolute Gasteiger partial charge is 0.404 e. The van der Waals surface area contributed by atoms with E-state index in [1.807, 2.05) is 12.1 Å². The van der Waals surface area contributed by atoms with Crippen molar-refractivity contribution in [2.45, 2.75) is 13.2 Å². The molecule has 138 valence electrons. The molecule has 0 bridgehead atoms. The molecule has 0 aliphatic rings. The summed E-state index contributed by atoms with van der Waals surface area (Å²) in [5, 5.41) is 15.0. The number of amides is 1. The highest BCUT2D eigenvalue weighted by Crippen LogP contribution is 2.37. The van der Waals surface area contributed by atoms with Crippen LogP contribution in [-0.2, 0) is 17.9 Å². The summed E-state index contributed by atoms with van der Waals surface area (Å²) >= 11 is 6.02. The predicted molar refractivity (Wildman–Crippen MR) is 102 cm³/mol. The number of carbonyl (C=O) groups is 1. The average Bonchev–Trinajstić information content (AvgIpc) is 2.64. The molecule has 1 heterocycles. The number of nitro groups is 1. The van der Waals surface area contributed by atoms with Crippen LogP contribution >= 0.6 is 11.6 Å². The molecule has 0 saturated heterocycles. The monoisotopic (exact) mass is 386 g/mol. The molecule has 0 spiro atoms. The number of anilines is 1. The predicted octanol–water partition coefficient (Wildman–Crippen LogP) is 4.00. The van der Waals surface area contributed by atoms with E-state index in [2.05, 4.69) is 10.3 Å². The Balaban J connectivity index is 1.85. The van der Waals surface area contributed by atoms with E-state index in [0.717, 1.165) is 11.1 Å². The number of aromatic nitrogens is 1. The number of halogens is 1. The van der Waals surface area contributed by atoms with Crippen LogP contribution in [0.1, 0.15) is 11.1 Å². The Kier molecular flexibility index (Phi) is 5.37. The molecule has 1 amide bonds. The summed E-state index contributed by atoms with van der Waals surface area (Å²) < 4.78 is 4.73. The molecule has 1 aromatic heterocycles. The Hall–Kier alpha value is -3.39.